The highest BCUT2D eigenvalue weighted by molar-refractivity contribution is 6.30. The zero-order valence-corrected chi connectivity index (χ0v) is 11.5. The first-order valence-electron chi connectivity index (χ1n) is 5.53. The molecule has 0 radical (unpaired) electrons. The molecule has 1 unspecified atom stereocenters. The number of rotatable bonds is 3. The van der Waals surface area contributed by atoms with Crippen LogP contribution in [0.5, 0.6) is 0 Å². The smallest absolute Gasteiger partial charge is 0.306 e. The van der Waals surface area contributed by atoms with Gasteiger partial charge in [0.05, 0.1) is 12.3 Å². The molecule has 1 heterocycles. The number of ether oxygens (including phenoxy) is 1. The molecule has 1 atom stereocenters. The lowest BCUT2D eigenvalue weighted by Gasteiger charge is -1.98. The summed E-state index contributed by atoms with van der Waals surface area (Å²) >= 11 is 5.78. The summed E-state index contributed by atoms with van der Waals surface area (Å²) < 4.78 is 5.32. The summed E-state index contributed by atoms with van der Waals surface area (Å²) in [6.45, 7) is 2.72. The van der Waals surface area contributed by atoms with E-state index in [1.54, 1.807) is 6.21 Å². The van der Waals surface area contributed by atoms with Gasteiger partial charge in [-0.3, -0.25) is 0 Å². The van der Waals surface area contributed by atoms with Crippen molar-refractivity contribution in [2.75, 3.05) is 6.61 Å². The highest BCUT2D eigenvalue weighted by atomic mass is 35.5. The van der Waals surface area contributed by atoms with Crippen LogP contribution in [0.3, 0.4) is 0 Å². The highest BCUT2D eigenvalue weighted by Crippen LogP contribution is 2.08. The molecular weight excluding hydrogens is 273 g/mol. The van der Waals surface area contributed by atoms with E-state index >= 15 is 0 Å². The van der Waals surface area contributed by atoms with E-state index in [2.05, 4.69) is 22.4 Å². The van der Waals surface area contributed by atoms with Crippen molar-refractivity contribution in [1.29, 1.82) is 0 Å². The van der Waals surface area contributed by atoms with Crippen LogP contribution in [0.15, 0.2) is 34.4 Å². The van der Waals surface area contributed by atoms with Gasteiger partial charge in [-0.2, -0.15) is 5.10 Å². The Hall–Kier alpha value is -1.26. The van der Waals surface area contributed by atoms with E-state index in [0.717, 1.165) is 12.0 Å². The normalized spacial score (nSPS) is 18.1. The molecule has 18 heavy (non-hydrogen) atoms. The van der Waals surface area contributed by atoms with Gasteiger partial charge in [-0.15, -0.1) is 12.4 Å². The number of hydrogen-bond acceptors (Lipinski definition) is 4. The largest absolute Gasteiger partial charge is 0.462 e. The third-order valence-electron chi connectivity index (χ3n) is 2.43. The molecule has 1 aliphatic rings. The van der Waals surface area contributed by atoms with E-state index < -0.39 is 0 Å². The van der Waals surface area contributed by atoms with Gasteiger partial charge in [0.25, 0.3) is 0 Å². The summed E-state index contributed by atoms with van der Waals surface area (Å²) in [7, 11) is 0. The molecule has 2 rings (SSSR count). The Kier molecular flexibility index (Phi) is 5.95. The monoisotopic (exact) mass is 287 g/mol. The van der Waals surface area contributed by atoms with Crippen LogP contribution in [0.4, 0.5) is 0 Å². The lowest BCUT2D eigenvalue weighted by atomic mass is 10.2. The minimum absolute atomic E-state index is 0. The van der Waals surface area contributed by atoms with Gasteiger partial charge in [0, 0.05) is 5.02 Å². The number of hydrazone groups is 1. The summed E-state index contributed by atoms with van der Waals surface area (Å²) in [4.78, 5) is 4.30. The van der Waals surface area contributed by atoms with Gasteiger partial charge < -0.3 is 4.74 Å². The summed E-state index contributed by atoms with van der Waals surface area (Å²) in [6.07, 6.45) is 2.67. The standard InChI is InChI=1S/C12H14ClN3O.ClH/c1-2-11-8-17-12(15-11)16-14-7-9-3-5-10(13)6-4-9;/h3-7,11H,2,8H2,1H3,(H,15,16);1H/b14-7+;. The number of benzene rings is 1. The maximum atomic E-state index is 5.78. The highest BCUT2D eigenvalue weighted by Gasteiger charge is 2.15. The summed E-state index contributed by atoms with van der Waals surface area (Å²) in [5.41, 5.74) is 3.74. The predicted octanol–water partition coefficient (Wildman–Crippen LogP) is 2.85. The first-order valence-corrected chi connectivity index (χ1v) is 5.91. The molecule has 1 N–H and O–H groups in total. The fourth-order valence-corrected chi connectivity index (χ4v) is 1.52. The van der Waals surface area contributed by atoms with Crippen molar-refractivity contribution >= 4 is 36.2 Å². The molecule has 0 fully saturated rings. The molecule has 1 aliphatic heterocycles. The molecule has 0 aliphatic carbocycles. The van der Waals surface area contributed by atoms with Crippen molar-refractivity contribution in [3.63, 3.8) is 0 Å². The van der Waals surface area contributed by atoms with E-state index in [4.69, 9.17) is 16.3 Å². The molecule has 98 valence electrons. The lowest BCUT2D eigenvalue weighted by molar-refractivity contribution is 0.303. The van der Waals surface area contributed by atoms with E-state index in [1.165, 1.54) is 0 Å². The minimum Gasteiger partial charge on any atom is -0.462 e. The lowest BCUT2D eigenvalue weighted by Crippen LogP contribution is -2.17. The molecule has 0 amide bonds. The number of amidine groups is 1. The van der Waals surface area contributed by atoms with Gasteiger partial charge in [0.15, 0.2) is 0 Å². The fraction of sp³-hybridized carbons (Fsp3) is 0.333. The van der Waals surface area contributed by atoms with Crippen LogP contribution in [-0.2, 0) is 4.74 Å². The molecule has 0 spiro atoms. The topological polar surface area (TPSA) is 46.0 Å². The second kappa shape index (κ2) is 7.24. The Bertz CT molecular complexity index is 431. The number of aliphatic imine (C=N–C) groups is 1. The maximum Gasteiger partial charge on any atom is 0.306 e. The molecule has 0 aromatic heterocycles. The zero-order chi connectivity index (χ0) is 12.1. The SMILES string of the molecule is CCC1COC(N/N=C/c2ccc(Cl)cc2)=N1.Cl. The maximum absolute atomic E-state index is 5.78. The molecule has 4 nitrogen and oxygen atoms in total. The van der Waals surface area contributed by atoms with Crippen LogP contribution in [-0.4, -0.2) is 24.9 Å². The summed E-state index contributed by atoms with van der Waals surface area (Å²) in [5.74, 6) is 0. The molecule has 1 aromatic carbocycles. The molecular formula is C12H15Cl2N3O. The number of hydrogen-bond donors (Lipinski definition) is 1. The first kappa shape index (κ1) is 14.8. The van der Waals surface area contributed by atoms with Gasteiger partial charge >= 0.3 is 6.02 Å². The Morgan fingerprint density at radius 2 is 2.22 bits per heavy atom. The fourth-order valence-electron chi connectivity index (χ4n) is 1.40. The average Bonchev–Trinajstić information content (AvgIpc) is 2.80. The van der Waals surface area contributed by atoms with E-state index in [1.807, 2.05) is 24.3 Å². The minimum atomic E-state index is 0. The first-order chi connectivity index (χ1) is 8.28. The van der Waals surface area contributed by atoms with E-state index in [9.17, 15) is 0 Å². The summed E-state index contributed by atoms with van der Waals surface area (Å²) in [6, 6.07) is 8.16. The van der Waals surface area contributed by atoms with Crippen molar-refractivity contribution in [2.24, 2.45) is 10.1 Å². The van der Waals surface area contributed by atoms with Crippen LogP contribution >= 0.6 is 24.0 Å². The second-order valence-electron chi connectivity index (χ2n) is 3.73. The molecule has 6 heteroatoms. The third-order valence-corrected chi connectivity index (χ3v) is 2.68. The van der Waals surface area contributed by atoms with E-state index in [-0.39, 0.29) is 18.4 Å². The van der Waals surface area contributed by atoms with Crippen molar-refractivity contribution in [3.8, 4) is 0 Å². The number of halogens is 2. The Morgan fingerprint density at radius 1 is 1.50 bits per heavy atom. The third kappa shape index (κ3) is 4.20. The van der Waals surface area contributed by atoms with Gasteiger partial charge in [-0.05, 0) is 24.1 Å². The molecule has 0 saturated heterocycles. The van der Waals surface area contributed by atoms with Crippen LogP contribution in [0.2, 0.25) is 5.02 Å². The van der Waals surface area contributed by atoms with Gasteiger partial charge in [0.2, 0.25) is 0 Å². The van der Waals surface area contributed by atoms with Crippen molar-refractivity contribution in [3.05, 3.63) is 34.9 Å². The molecule has 0 saturated carbocycles. The summed E-state index contributed by atoms with van der Waals surface area (Å²) in [5, 5.41) is 4.76. The number of nitrogens with one attached hydrogen (secondary N) is 1. The van der Waals surface area contributed by atoms with Crippen LogP contribution in [0.25, 0.3) is 0 Å². The van der Waals surface area contributed by atoms with Crippen molar-refractivity contribution in [2.45, 2.75) is 19.4 Å². The quantitative estimate of drug-likeness (QED) is 0.686. The van der Waals surface area contributed by atoms with E-state index in [0.29, 0.717) is 17.7 Å². The molecule has 0 bridgehead atoms. The van der Waals surface area contributed by atoms with Crippen LogP contribution in [0.1, 0.15) is 18.9 Å². The predicted molar refractivity (Wildman–Crippen MR) is 76.9 cm³/mol. The molecule has 1 aromatic rings. The Balaban J connectivity index is 0.00000162. The van der Waals surface area contributed by atoms with Crippen molar-refractivity contribution < 1.29 is 4.74 Å². The zero-order valence-electron chi connectivity index (χ0n) is 9.97. The second-order valence-corrected chi connectivity index (χ2v) is 4.17. The van der Waals surface area contributed by atoms with Crippen LogP contribution < -0.4 is 5.43 Å². The van der Waals surface area contributed by atoms with Gasteiger partial charge in [-0.1, -0.05) is 30.7 Å². The van der Waals surface area contributed by atoms with Crippen molar-refractivity contribution in [1.82, 2.24) is 5.43 Å². The Morgan fingerprint density at radius 3 is 2.83 bits per heavy atom. The Labute approximate surface area is 117 Å². The number of nitrogens with zero attached hydrogens (tertiary/aromatic N) is 2. The average molecular weight is 288 g/mol. The van der Waals surface area contributed by atoms with Gasteiger partial charge in [0.1, 0.15) is 6.61 Å². The van der Waals surface area contributed by atoms with Crippen LogP contribution in [0, 0.1) is 0 Å². The van der Waals surface area contributed by atoms with Gasteiger partial charge in [-0.25, -0.2) is 10.4 Å².